The molecule has 9 heteroatoms. The smallest absolute Gasteiger partial charge is 0.280 e. The lowest BCUT2D eigenvalue weighted by Gasteiger charge is -2.11. The lowest BCUT2D eigenvalue weighted by atomic mass is 10.1. The minimum absolute atomic E-state index is 0.114. The standard InChI is InChI=1S/C23H22FN5O3/c1-14-5-4-6-15(2)21(14)31-12-19-16(3)32-28-20(19)22(30)26-23-25-13-29(27-23)11-17-7-9-18(24)10-8-17/h4-10,13H,11-12H2,1-3H3,(H,26,27,30). The van der Waals surface area contributed by atoms with E-state index in [2.05, 4.69) is 20.6 Å². The summed E-state index contributed by atoms with van der Waals surface area (Å²) in [7, 11) is 0. The lowest BCUT2D eigenvalue weighted by Crippen LogP contribution is -2.16. The number of hydrogen-bond donors (Lipinski definition) is 1. The van der Waals surface area contributed by atoms with Gasteiger partial charge >= 0.3 is 0 Å². The Bertz CT molecular complexity index is 1230. The Hall–Kier alpha value is -4.01. The topological polar surface area (TPSA) is 95.1 Å². The highest BCUT2D eigenvalue weighted by atomic mass is 19.1. The number of para-hydroxylation sites is 1. The highest BCUT2D eigenvalue weighted by Gasteiger charge is 2.22. The predicted octanol–water partition coefficient (Wildman–Crippen LogP) is 4.21. The number of anilines is 1. The first-order valence-electron chi connectivity index (χ1n) is 10.00. The molecule has 2 aromatic carbocycles. The minimum Gasteiger partial charge on any atom is -0.488 e. The molecule has 1 amide bonds. The van der Waals surface area contributed by atoms with Crippen LogP contribution in [0.4, 0.5) is 10.3 Å². The molecule has 32 heavy (non-hydrogen) atoms. The fraction of sp³-hybridized carbons (Fsp3) is 0.217. The largest absolute Gasteiger partial charge is 0.488 e. The first kappa shape index (κ1) is 21.2. The zero-order valence-electron chi connectivity index (χ0n) is 17.9. The molecule has 0 atom stereocenters. The number of carbonyl (C=O) groups is 1. The van der Waals surface area contributed by atoms with Gasteiger partial charge in [-0.2, -0.15) is 0 Å². The van der Waals surface area contributed by atoms with Gasteiger partial charge in [-0.25, -0.2) is 14.1 Å². The second-order valence-corrected chi connectivity index (χ2v) is 7.42. The fourth-order valence-electron chi connectivity index (χ4n) is 3.28. The van der Waals surface area contributed by atoms with Crippen molar-refractivity contribution in [1.82, 2.24) is 19.9 Å². The summed E-state index contributed by atoms with van der Waals surface area (Å²) >= 11 is 0. The van der Waals surface area contributed by atoms with E-state index in [4.69, 9.17) is 9.26 Å². The molecular weight excluding hydrogens is 413 g/mol. The Labute approximate surface area is 184 Å². The van der Waals surface area contributed by atoms with Crippen molar-refractivity contribution in [1.29, 1.82) is 0 Å². The third kappa shape index (κ3) is 4.66. The molecule has 0 spiro atoms. The van der Waals surface area contributed by atoms with Crippen molar-refractivity contribution in [3.8, 4) is 5.75 Å². The van der Waals surface area contributed by atoms with Gasteiger partial charge in [-0.15, -0.1) is 5.10 Å². The molecule has 0 unspecified atom stereocenters. The second-order valence-electron chi connectivity index (χ2n) is 7.42. The summed E-state index contributed by atoms with van der Waals surface area (Å²) < 4.78 is 25.8. The van der Waals surface area contributed by atoms with Crippen molar-refractivity contribution in [2.45, 2.75) is 33.9 Å². The number of aryl methyl sites for hydroxylation is 3. The lowest BCUT2D eigenvalue weighted by molar-refractivity contribution is 0.101. The highest BCUT2D eigenvalue weighted by molar-refractivity contribution is 6.02. The summed E-state index contributed by atoms with van der Waals surface area (Å²) in [6.07, 6.45) is 1.48. The molecule has 4 rings (SSSR count). The Morgan fingerprint density at radius 3 is 2.56 bits per heavy atom. The normalized spacial score (nSPS) is 10.9. The number of nitrogens with zero attached hydrogens (tertiary/aromatic N) is 4. The van der Waals surface area contributed by atoms with Gasteiger partial charge in [-0.3, -0.25) is 10.1 Å². The molecule has 0 aliphatic heterocycles. The van der Waals surface area contributed by atoms with Crippen molar-refractivity contribution in [3.63, 3.8) is 0 Å². The molecule has 4 aromatic rings. The average Bonchev–Trinajstić information content (AvgIpc) is 3.35. The Kier molecular flexibility index (Phi) is 5.98. The third-order valence-corrected chi connectivity index (χ3v) is 4.99. The third-order valence-electron chi connectivity index (χ3n) is 4.99. The predicted molar refractivity (Wildman–Crippen MR) is 115 cm³/mol. The number of nitrogens with one attached hydrogen (secondary N) is 1. The maximum Gasteiger partial charge on any atom is 0.280 e. The van der Waals surface area contributed by atoms with E-state index >= 15 is 0 Å². The number of benzene rings is 2. The summed E-state index contributed by atoms with van der Waals surface area (Å²) in [6.45, 7) is 6.18. The number of amides is 1. The molecule has 2 aromatic heterocycles. The first-order chi connectivity index (χ1) is 15.4. The molecule has 0 aliphatic carbocycles. The van der Waals surface area contributed by atoms with Gasteiger partial charge in [-0.1, -0.05) is 35.5 Å². The van der Waals surface area contributed by atoms with Gasteiger partial charge in [0.05, 0.1) is 12.1 Å². The van der Waals surface area contributed by atoms with Crippen molar-refractivity contribution in [2.24, 2.45) is 0 Å². The molecule has 0 fully saturated rings. The van der Waals surface area contributed by atoms with Gasteiger partial charge in [0.1, 0.15) is 30.3 Å². The maximum atomic E-state index is 13.1. The quantitative estimate of drug-likeness (QED) is 0.467. The van der Waals surface area contributed by atoms with E-state index in [1.165, 1.54) is 18.5 Å². The summed E-state index contributed by atoms with van der Waals surface area (Å²) in [4.78, 5) is 16.9. The second kappa shape index (κ2) is 9.01. The van der Waals surface area contributed by atoms with E-state index < -0.39 is 5.91 Å². The summed E-state index contributed by atoms with van der Waals surface area (Å²) in [5.41, 5.74) is 3.52. The van der Waals surface area contributed by atoms with Gasteiger partial charge in [-0.05, 0) is 49.6 Å². The van der Waals surface area contributed by atoms with Crippen LogP contribution in [0, 0.1) is 26.6 Å². The number of rotatable bonds is 7. The van der Waals surface area contributed by atoms with E-state index in [0.29, 0.717) is 17.9 Å². The van der Waals surface area contributed by atoms with Crippen LogP contribution in [0.1, 0.15) is 38.5 Å². The van der Waals surface area contributed by atoms with E-state index in [1.807, 2.05) is 32.0 Å². The molecular formula is C23H22FN5O3. The first-order valence-corrected chi connectivity index (χ1v) is 10.00. The summed E-state index contributed by atoms with van der Waals surface area (Å²) in [6, 6.07) is 12.0. The van der Waals surface area contributed by atoms with Crippen molar-refractivity contribution in [3.05, 3.63) is 88.3 Å². The van der Waals surface area contributed by atoms with Crippen molar-refractivity contribution >= 4 is 11.9 Å². The number of ether oxygens (including phenoxy) is 1. The molecule has 0 saturated carbocycles. The van der Waals surface area contributed by atoms with E-state index in [9.17, 15) is 9.18 Å². The van der Waals surface area contributed by atoms with Crippen LogP contribution in [-0.4, -0.2) is 25.8 Å². The number of hydrogen-bond acceptors (Lipinski definition) is 6. The molecule has 1 N–H and O–H groups in total. The zero-order valence-corrected chi connectivity index (χ0v) is 17.9. The van der Waals surface area contributed by atoms with Crippen molar-refractivity contribution < 1.29 is 18.4 Å². The molecule has 164 valence electrons. The average molecular weight is 435 g/mol. The molecule has 8 nitrogen and oxygen atoms in total. The Morgan fingerprint density at radius 1 is 1.12 bits per heavy atom. The monoisotopic (exact) mass is 435 g/mol. The van der Waals surface area contributed by atoms with Crippen LogP contribution in [0.2, 0.25) is 0 Å². The SMILES string of the molecule is Cc1cccc(C)c1OCc1c(C(=O)Nc2ncn(Cc3ccc(F)cc3)n2)noc1C. The van der Waals surface area contributed by atoms with Gasteiger partial charge in [0.25, 0.3) is 5.91 Å². The van der Waals surface area contributed by atoms with Crippen LogP contribution >= 0.6 is 0 Å². The fourth-order valence-corrected chi connectivity index (χ4v) is 3.28. The van der Waals surface area contributed by atoms with Crippen LogP contribution in [0.25, 0.3) is 0 Å². The number of aromatic nitrogens is 4. The van der Waals surface area contributed by atoms with Gasteiger partial charge in [0.15, 0.2) is 5.69 Å². The highest BCUT2D eigenvalue weighted by Crippen LogP contribution is 2.25. The van der Waals surface area contributed by atoms with Crippen LogP contribution in [0.15, 0.2) is 53.3 Å². The van der Waals surface area contributed by atoms with Gasteiger partial charge in [0.2, 0.25) is 5.95 Å². The van der Waals surface area contributed by atoms with E-state index in [1.54, 1.807) is 23.7 Å². The van der Waals surface area contributed by atoms with Crippen molar-refractivity contribution in [2.75, 3.05) is 5.32 Å². The van der Waals surface area contributed by atoms with Crippen LogP contribution in [-0.2, 0) is 13.2 Å². The molecule has 0 saturated heterocycles. The maximum absolute atomic E-state index is 13.1. The van der Waals surface area contributed by atoms with Crippen LogP contribution < -0.4 is 10.1 Å². The Morgan fingerprint density at radius 2 is 1.84 bits per heavy atom. The van der Waals surface area contributed by atoms with Gasteiger partial charge < -0.3 is 9.26 Å². The number of carbonyl (C=O) groups excluding carboxylic acids is 1. The molecule has 0 radical (unpaired) electrons. The molecule has 2 heterocycles. The Balaban J connectivity index is 1.44. The summed E-state index contributed by atoms with van der Waals surface area (Å²) in [5, 5.41) is 10.8. The van der Waals surface area contributed by atoms with E-state index in [-0.39, 0.29) is 24.1 Å². The van der Waals surface area contributed by atoms with Crippen LogP contribution in [0.5, 0.6) is 5.75 Å². The molecule has 0 bridgehead atoms. The molecule has 0 aliphatic rings. The van der Waals surface area contributed by atoms with Gasteiger partial charge in [0, 0.05) is 0 Å². The summed E-state index contributed by atoms with van der Waals surface area (Å²) in [5.74, 6) is 0.582. The van der Waals surface area contributed by atoms with E-state index in [0.717, 1.165) is 22.4 Å². The van der Waals surface area contributed by atoms with Crippen LogP contribution in [0.3, 0.4) is 0 Å². The number of halogens is 1. The zero-order chi connectivity index (χ0) is 22.7. The minimum atomic E-state index is -0.499.